The van der Waals surface area contributed by atoms with Crippen molar-refractivity contribution in [3.63, 3.8) is 0 Å². The molecule has 1 atom stereocenters. The Hall–Kier alpha value is -2.49. The molecule has 2 aromatic carbocycles. The van der Waals surface area contributed by atoms with E-state index in [2.05, 4.69) is 20.6 Å². The highest BCUT2D eigenvalue weighted by Gasteiger charge is 2.14. The molecule has 0 aliphatic carbocycles. The molecular weight excluding hydrogens is 489 g/mol. The average Bonchev–Trinajstić information content (AvgIpc) is 3.14. The zero-order valence-corrected chi connectivity index (χ0v) is 18.7. The van der Waals surface area contributed by atoms with E-state index in [1.807, 2.05) is 31.2 Å². The summed E-state index contributed by atoms with van der Waals surface area (Å²) in [5, 5.41) is 6.19. The molecule has 3 aromatic rings. The lowest BCUT2D eigenvalue weighted by molar-refractivity contribution is 0.550. The first-order chi connectivity index (χ1) is 13.5. The standard InChI is InChI=1S/C21H22F2N4O.HI/c1-13-4-6-15(7-5-13)20-27-17(12-28-20)11-25-21(24-3)26-14(2)18-9-8-16(22)10-19(18)23;/h4-10,12,14H,11H2,1-3H3,(H2,24,25,26);1H. The van der Waals surface area contributed by atoms with Crippen molar-refractivity contribution in [2.75, 3.05) is 7.05 Å². The number of nitrogens with zero attached hydrogens (tertiary/aromatic N) is 2. The first kappa shape index (κ1) is 22.8. The van der Waals surface area contributed by atoms with Crippen LogP contribution in [0.25, 0.3) is 11.5 Å². The summed E-state index contributed by atoms with van der Waals surface area (Å²) in [6.07, 6.45) is 1.58. The molecule has 0 fully saturated rings. The van der Waals surface area contributed by atoms with Crippen LogP contribution >= 0.6 is 24.0 Å². The lowest BCUT2D eigenvalue weighted by Gasteiger charge is -2.18. The predicted octanol–water partition coefficient (Wildman–Crippen LogP) is 4.97. The maximum absolute atomic E-state index is 13.9. The maximum Gasteiger partial charge on any atom is 0.226 e. The van der Waals surface area contributed by atoms with E-state index >= 15 is 0 Å². The van der Waals surface area contributed by atoms with Crippen LogP contribution < -0.4 is 10.6 Å². The third kappa shape index (κ3) is 5.99. The van der Waals surface area contributed by atoms with Crippen molar-refractivity contribution >= 4 is 29.9 Å². The van der Waals surface area contributed by atoms with Gasteiger partial charge in [0.1, 0.15) is 17.9 Å². The largest absolute Gasteiger partial charge is 0.444 e. The van der Waals surface area contributed by atoms with E-state index in [1.54, 1.807) is 20.2 Å². The van der Waals surface area contributed by atoms with Gasteiger partial charge in [0, 0.05) is 24.2 Å². The number of aliphatic imine (C=N–C) groups is 1. The minimum atomic E-state index is -0.605. The van der Waals surface area contributed by atoms with Gasteiger partial charge in [-0.15, -0.1) is 24.0 Å². The zero-order chi connectivity index (χ0) is 20.1. The molecule has 0 radical (unpaired) electrons. The van der Waals surface area contributed by atoms with Crippen molar-refractivity contribution in [3.05, 3.63) is 77.2 Å². The first-order valence-electron chi connectivity index (χ1n) is 8.90. The van der Waals surface area contributed by atoms with E-state index < -0.39 is 17.7 Å². The average molecular weight is 512 g/mol. The normalized spacial score (nSPS) is 12.2. The molecule has 0 bridgehead atoms. The Balaban J connectivity index is 0.00000300. The van der Waals surface area contributed by atoms with Crippen LogP contribution in [0.5, 0.6) is 0 Å². The Kier molecular flexibility index (Phi) is 8.12. The van der Waals surface area contributed by atoms with Gasteiger partial charge in [0.15, 0.2) is 5.96 Å². The predicted molar refractivity (Wildman–Crippen MR) is 120 cm³/mol. The molecule has 0 saturated heterocycles. The van der Waals surface area contributed by atoms with Crippen LogP contribution in [0, 0.1) is 18.6 Å². The molecule has 0 spiro atoms. The van der Waals surface area contributed by atoms with Gasteiger partial charge in [-0.2, -0.15) is 0 Å². The minimum Gasteiger partial charge on any atom is -0.444 e. The van der Waals surface area contributed by atoms with E-state index in [-0.39, 0.29) is 24.0 Å². The summed E-state index contributed by atoms with van der Waals surface area (Å²) in [6.45, 7) is 4.18. The van der Waals surface area contributed by atoms with Crippen LogP contribution in [-0.2, 0) is 6.54 Å². The Morgan fingerprint density at radius 3 is 2.55 bits per heavy atom. The van der Waals surface area contributed by atoms with Gasteiger partial charge in [0.25, 0.3) is 0 Å². The van der Waals surface area contributed by atoms with Gasteiger partial charge < -0.3 is 15.1 Å². The van der Waals surface area contributed by atoms with Gasteiger partial charge in [0.2, 0.25) is 5.89 Å². The number of hydrogen-bond acceptors (Lipinski definition) is 3. The third-order valence-corrected chi connectivity index (χ3v) is 4.29. The number of hydrogen-bond donors (Lipinski definition) is 2. The second-order valence-corrected chi connectivity index (χ2v) is 6.47. The quantitative estimate of drug-likeness (QED) is 0.288. The Labute approximate surface area is 185 Å². The van der Waals surface area contributed by atoms with Crippen molar-refractivity contribution < 1.29 is 13.2 Å². The molecule has 0 saturated carbocycles. The first-order valence-corrected chi connectivity index (χ1v) is 8.90. The summed E-state index contributed by atoms with van der Waals surface area (Å²) in [5.41, 5.74) is 3.13. The summed E-state index contributed by atoms with van der Waals surface area (Å²) in [7, 11) is 1.61. The number of halogens is 3. The summed E-state index contributed by atoms with van der Waals surface area (Å²) >= 11 is 0. The number of nitrogens with one attached hydrogen (secondary N) is 2. The molecule has 0 aliphatic heterocycles. The molecule has 5 nitrogen and oxygen atoms in total. The maximum atomic E-state index is 13.9. The number of guanidine groups is 1. The molecule has 2 N–H and O–H groups in total. The highest BCUT2D eigenvalue weighted by Crippen LogP contribution is 2.19. The molecule has 0 aliphatic rings. The third-order valence-electron chi connectivity index (χ3n) is 4.29. The van der Waals surface area contributed by atoms with E-state index in [4.69, 9.17) is 4.42 Å². The lowest BCUT2D eigenvalue weighted by atomic mass is 10.1. The Morgan fingerprint density at radius 2 is 1.90 bits per heavy atom. The smallest absolute Gasteiger partial charge is 0.226 e. The van der Waals surface area contributed by atoms with Gasteiger partial charge >= 0.3 is 0 Å². The fraction of sp³-hybridized carbons (Fsp3) is 0.238. The van der Waals surface area contributed by atoms with E-state index in [0.717, 1.165) is 11.6 Å². The number of rotatable bonds is 5. The molecule has 1 aromatic heterocycles. The van der Waals surface area contributed by atoms with Crippen molar-refractivity contribution in [1.82, 2.24) is 15.6 Å². The number of aromatic nitrogens is 1. The molecular formula is C21H23F2IN4O. The minimum absolute atomic E-state index is 0. The molecule has 29 heavy (non-hydrogen) atoms. The number of oxazole rings is 1. The highest BCUT2D eigenvalue weighted by atomic mass is 127. The SMILES string of the molecule is CN=C(NCc1coc(-c2ccc(C)cc2)n1)NC(C)c1ccc(F)cc1F.I. The zero-order valence-electron chi connectivity index (χ0n) is 16.4. The number of benzene rings is 2. The fourth-order valence-electron chi connectivity index (χ4n) is 2.72. The van der Waals surface area contributed by atoms with Gasteiger partial charge in [-0.3, -0.25) is 4.99 Å². The van der Waals surface area contributed by atoms with Crippen LogP contribution in [0.2, 0.25) is 0 Å². The van der Waals surface area contributed by atoms with Crippen LogP contribution in [0.4, 0.5) is 8.78 Å². The summed E-state index contributed by atoms with van der Waals surface area (Å²) in [6, 6.07) is 11.0. The molecule has 8 heteroatoms. The molecule has 1 heterocycles. The van der Waals surface area contributed by atoms with Crippen molar-refractivity contribution in [1.29, 1.82) is 0 Å². The molecule has 154 valence electrons. The Morgan fingerprint density at radius 1 is 1.17 bits per heavy atom. The van der Waals surface area contributed by atoms with Gasteiger partial charge in [-0.1, -0.05) is 23.8 Å². The van der Waals surface area contributed by atoms with Crippen LogP contribution in [0.3, 0.4) is 0 Å². The van der Waals surface area contributed by atoms with Gasteiger partial charge in [-0.05, 0) is 32.0 Å². The second kappa shape index (κ2) is 10.3. The monoisotopic (exact) mass is 512 g/mol. The lowest BCUT2D eigenvalue weighted by Crippen LogP contribution is -2.38. The summed E-state index contributed by atoms with van der Waals surface area (Å²) < 4.78 is 32.5. The van der Waals surface area contributed by atoms with Crippen LogP contribution in [0.1, 0.15) is 29.8 Å². The molecule has 0 amide bonds. The Bertz CT molecular complexity index is 973. The van der Waals surface area contributed by atoms with Crippen LogP contribution in [0.15, 0.2) is 58.1 Å². The van der Waals surface area contributed by atoms with E-state index in [9.17, 15) is 8.78 Å². The highest BCUT2D eigenvalue weighted by molar-refractivity contribution is 14.0. The van der Waals surface area contributed by atoms with Gasteiger partial charge in [0.05, 0.1) is 18.3 Å². The van der Waals surface area contributed by atoms with E-state index in [1.165, 1.54) is 17.7 Å². The molecule has 1 unspecified atom stereocenters. The van der Waals surface area contributed by atoms with Crippen LogP contribution in [-0.4, -0.2) is 18.0 Å². The van der Waals surface area contributed by atoms with Gasteiger partial charge in [-0.25, -0.2) is 13.8 Å². The van der Waals surface area contributed by atoms with Crippen molar-refractivity contribution in [3.8, 4) is 11.5 Å². The second-order valence-electron chi connectivity index (χ2n) is 6.47. The number of aryl methyl sites for hydroxylation is 1. The van der Waals surface area contributed by atoms with Crippen molar-refractivity contribution in [2.45, 2.75) is 26.4 Å². The van der Waals surface area contributed by atoms with E-state index in [0.29, 0.717) is 29.7 Å². The van der Waals surface area contributed by atoms with Crippen molar-refractivity contribution in [2.24, 2.45) is 4.99 Å². The topological polar surface area (TPSA) is 62.5 Å². The fourth-order valence-corrected chi connectivity index (χ4v) is 2.72. The summed E-state index contributed by atoms with van der Waals surface area (Å²) in [4.78, 5) is 8.59. The molecule has 3 rings (SSSR count). The summed E-state index contributed by atoms with van der Waals surface area (Å²) in [5.74, 6) is -0.196.